The van der Waals surface area contributed by atoms with Gasteiger partial charge in [0.05, 0.1) is 5.88 Å². The SMILES string of the molecule is CCC(C)CN(CC)c1ncc(Br)cc1CCl. The molecule has 1 aromatic heterocycles. The van der Waals surface area contributed by atoms with Crippen LogP contribution in [0.2, 0.25) is 0 Å². The lowest BCUT2D eigenvalue weighted by Crippen LogP contribution is -2.29. The van der Waals surface area contributed by atoms with Crippen LogP contribution in [0.3, 0.4) is 0 Å². The monoisotopic (exact) mass is 318 g/mol. The van der Waals surface area contributed by atoms with E-state index < -0.39 is 0 Å². The van der Waals surface area contributed by atoms with Crippen LogP contribution in [0.15, 0.2) is 16.7 Å². The molecular weight excluding hydrogens is 300 g/mol. The first-order chi connectivity index (χ1) is 8.12. The lowest BCUT2D eigenvalue weighted by atomic mass is 10.1. The van der Waals surface area contributed by atoms with Gasteiger partial charge in [0.2, 0.25) is 0 Å². The average molecular weight is 320 g/mol. The van der Waals surface area contributed by atoms with Gasteiger partial charge in [-0.05, 0) is 34.8 Å². The van der Waals surface area contributed by atoms with Gasteiger partial charge in [-0.2, -0.15) is 0 Å². The molecule has 0 aliphatic rings. The molecule has 0 saturated heterocycles. The second kappa shape index (κ2) is 7.22. The number of aromatic nitrogens is 1. The van der Waals surface area contributed by atoms with Gasteiger partial charge in [-0.25, -0.2) is 4.98 Å². The molecule has 4 heteroatoms. The Balaban J connectivity index is 2.94. The number of hydrogen-bond acceptors (Lipinski definition) is 2. The highest BCUT2D eigenvalue weighted by Gasteiger charge is 2.13. The van der Waals surface area contributed by atoms with E-state index >= 15 is 0 Å². The van der Waals surface area contributed by atoms with Crippen molar-refractivity contribution in [1.82, 2.24) is 4.98 Å². The van der Waals surface area contributed by atoms with Gasteiger partial charge >= 0.3 is 0 Å². The molecule has 0 amide bonds. The van der Waals surface area contributed by atoms with Crippen molar-refractivity contribution < 1.29 is 0 Å². The predicted octanol–water partition coefficient (Wildman–Crippen LogP) is 4.46. The Labute approximate surface area is 118 Å². The minimum atomic E-state index is 0.499. The van der Waals surface area contributed by atoms with E-state index in [2.05, 4.69) is 52.7 Å². The van der Waals surface area contributed by atoms with Crippen molar-refractivity contribution in [3.05, 3.63) is 22.3 Å². The van der Waals surface area contributed by atoms with Crippen LogP contribution in [0.25, 0.3) is 0 Å². The predicted molar refractivity (Wildman–Crippen MR) is 78.8 cm³/mol. The minimum Gasteiger partial charge on any atom is -0.356 e. The average Bonchev–Trinajstić information content (AvgIpc) is 2.35. The number of anilines is 1. The number of nitrogens with zero attached hydrogens (tertiary/aromatic N) is 2. The quantitative estimate of drug-likeness (QED) is 0.720. The van der Waals surface area contributed by atoms with Crippen LogP contribution in [0.5, 0.6) is 0 Å². The zero-order valence-corrected chi connectivity index (χ0v) is 13.1. The first-order valence-corrected chi connectivity index (χ1v) is 7.40. The Morgan fingerprint density at radius 3 is 2.71 bits per heavy atom. The summed E-state index contributed by atoms with van der Waals surface area (Å²) in [6.45, 7) is 8.64. The second-order valence-electron chi connectivity index (χ2n) is 4.32. The van der Waals surface area contributed by atoms with Gasteiger partial charge in [0, 0.05) is 29.3 Å². The van der Waals surface area contributed by atoms with E-state index in [0.717, 1.165) is 28.9 Å². The summed E-state index contributed by atoms with van der Waals surface area (Å²) in [6.07, 6.45) is 3.02. The van der Waals surface area contributed by atoms with Crippen LogP contribution in [0.4, 0.5) is 5.82 Å². The molecule has 1 rings (SSSR count). The minimum absolute atomic E-state index is 0.499. The topological polar surface area (TPSA) is 16.1 Å². The van der Waals surface area contributed by atoms with Gasteiger partial charge in [-0.15, -0.1) is 11.6 Å². The summed E-state index contributed by atoms with van der Waals surface area (Å²) in [6, 6.07) is 2.05. The summed E-state index contributed by atoms with van der Waals surface area (Å²) in [7, 11) is 0. The lowest BCUT2D eigenvalue weighted by molar-refractivity contribution is 0.545. The van der Waals surface area contributed by atoms with Gasteiger partial charge in [0.1, 0.15) is 5.82 Å². The molecule has 1 aromatic rings. The Hall–Kier alpha value is -0.280. The molecule has 1 atom stereocenters. The molecule has 0 bridgehead atoms. The maximum absolute atomic E-state index is 5.99. The summed E-state index contributed by atoms with van der Waals surface area (Å²) in [5, 5.41) is 0. The van der Waals surface area contributed by atoms with Crippen molar-refractivity contribution in [3.63, 3.8) is 0 Å². The third kappa shape index (κ3) is 4.14. The van der Waals surface area contributed by atoms with E-state index in [1.54, 1.807) is 0 Å². The van der Waals surface area contributed by atoms with E-state index in [1.807, 2.05) is 6.20 Å². The Morgan fingerprint density at radius 1 is 1.47 bits per heavy atom. The van der Waals surface area contributed by atoms with E-state index in [-0.39, 0.29) is 0 Å². The fourth-order valence-corrected chi connectivity index (χ4v) is 2.30. The fraction of sp³-hybridized carbons (Fsp3) is 0.615. The maximum atomic E-state index is 5.99. The van der Waals surface area contributed by atoms with Crippen LogP contribution >= 0.6 is 27.5 Å². The lowest BCUT2D eigenvalue weighted by Gasteiger charge is -2.26. The molecule has 1 heterocycles. The highest BCUT2D eigenvalue weighted by Crippen LogP contribution is 2.24. The van der Waals surface area contributed by atoms with E-state index in [4.69, 9.17) is 11.6 Å². The molecule has 1 unspecified atom stereocenters. The summed E-state index contributed by atoms with van der Waals surface area (Å²) in [5.74, 6) is 2.19. The molecule has 0 N–H and O–H groups in total. The standard InChI is InChI=1S/C13H20BrClN2/c1-4-10(3)9-17(5-2)13-11(7-15)6-12(14)8-16-13/h6,8,10H,4-5,7,9H2,1-3H3. The normalized spacial score (nSPS) is 12.5. The van der Waals surface area contributed by atoms with Gasteiger partial charge in [0.25, 0.3) is 0 Å². The number of hydrogen-bond donors (Lipinski definition) is 0. The third-order valence-corrected chi connectivity index (χ3v) is 3.69. The van der Waals surface area contributed by atoms with Crippen LogP contribution in [-0.2, 0) is 5.88 Å². The Bertz CT molecular complexity index is 357. The van der Waals surface area contributed by atoms with Crippen molar-refractivity contribution in [3.8, 4) is 0 Å². The van der Waals surface area contributed by atoms with Crippen molar-refractivity contribution in [2.24, 2.45) is 5.92 Å². The molecule has 0 aromatic carbocycles. The molecule has 17 heavy (non-hydrogen) atoms. The summed E-state index contributed by atoms with van der Waals surface area (Å²) >= 11 is 9.42. The molecule has 0 radical (unpaired) electrons. The van der Waals surface area contributed by atoms with Crippen molar-refractivity contribution >= 4 is 33.3 Å². The highest BCUT2D eigenvalue weighted by molar-refractivity contribution is 9.10. The molecule has 96 valence electrons. The van der Waals surface area contributed by atoms with Crippen LogP contribution < -0.4 is 4.90 Å². The summed E-state index contributed by atoms with van der Waals surface area (Å²) in [4.78, 5) is 6.81. The van der Waals surface area contributed by atoms with E-state index in [1.165, 1.54) is 6.42 Å². The largest absolute Gasteiger partial charge is 0.356 e. The van der Waals surface area contributed by atoms with Crippen molar-refractivity contribution in [2.75, 3.05) is 18.0 Å². The third-order valence-electron chi connectivity index (χ3n) is 2.96. The Morgan fingerprint density at radius 2 is 2.18 bits per heavy atom. The molecule has 2 nitrogen and oxygen atoms in total. The van der Waals surface area contributed by atoms with Gasteiger partial charge < -0.3 is 4.90 Å². The van der Waals surface area contributed by atoms with Gasteiger partial charge in [0.15, 0.2) is 0 Å². The van der Waals surface area contributed by atoms with Gasteiger partial charge in [-0.3, -0.25) is 0 Å². The number of pyridine rings is 1. The fourth-order valence-electron chi connectivity index (χ4n) is 1.73. The maximum Gasteiger partial charge on any atom is 0.133 e. The summed E-state index contributed by atoms with van der Waals surface area (Å²) < 4.78 is 0.983. The van der Waals surface area contributed by atoms with Crippen molar-refractivity contribution in [2.45, 2.75) is 33.1 Å². The zero-order valence-electron chi connectivity index (χ0n) is 10.7. The number of halogens is 2. The van der Waals surface area contributed by atoms with Crippen LogP contribution in [-0.4, -0.2) is 18.1 Å². The summed E-state index contributed by atoms with van der Waals surface area (Å²) in [5.41, 5.74) is 1.09. The van der Waals surface area contributed by atoms with E-state index in [0.29, 0.717) is 11.8 Å². The molecule has 0 aliphatic carbocycles. The first kappa shape index (κ1) is 14.8. The zero-order chi connectivity index (χ0) is 12.8. The second-order valence-corrected chi connectivity index (χ2v) is 5.50. The number of rotatable bonds is 6. The highest BCUT2D eigenvalue weighted by atomic mass is 79.9. The smallest absolute Gasteiger partial charge is 0.133 e. The molecular formula is C13H20BrClN2. The first-order valence-electron chi connectivity index (χ1n) is 6.07. The van der Waals surface area contributed by atoms with Crippen LogP contribution in [0, 0.1) is 5.92 Å². The molecule has 0 aliphatic heterocycles. The molecule has 0 spiro atoms. The van der Waals surface area contributed by atoms with Crippen LogP contribution in [0.1, 0.15) is 32.8 Å². The van der Waals surface area contributed by atoms with Gasteiger partial charge in [-0.1, -0.05) is 20.3 Å². The molecule has 0 saturated carbocycles. The van der Waals surface area contributed by atoms with Crippen molar-refractivity contribution in [1.29, 1.82) is 0 Å². The van der Waals surface area contributed by atoms with E-state index in [9.17, 15) is 0 Å². The Kier molecular flexibility index (Phi) is 6.28. The number of alkyl halides is 1. The molecule has 0 fully saturated rings.